The standard InChI is InChI=1S/C7H14.2C2H5.2Y/c1-3-5-7-6-4-2;2*1-2;;/h1-7H2;2*1H2,2H3;;/q-2;2*-1;;. The van der Waals surface area contributed by atoms with Crippen molar-refractivity contribution >= 4 is 0 Å². The average molecular weight is 334 g/mol. The molecule has 13 heavy (non-hydrogen) atoms. The van der Waals surface area contributed by atoms with Crippen molar-refractivity contribution < 1.29 is 65.4 Å². The van der Waals surface area contributed by atoms with E-state index in [4.69, 9.17) is 0 Å². The van der Waals surface area contributed by atoms with Crippen LogP contribution in [0.4, 0.5) is 0 Å². The summed E-state index contributed by atoms with van der Waals surface area (Å²) in [5.41, 5.74) is 0. The second-order valence-corrected chi connectivity index (χ2v) is 1.77. The Labute approximate surface area is 137 Å². The van der Waals surface area contributed by atoms with Gasteiger partial charge in [0.1, 0.15) is 0 Å². The fraction of sp³-hybridized carbons (Fsp3) is 0.636. The van der Waals surface area contributed by atoms with Crippen LogP contribution in [0.15, 0.2) is 0 Å². The van der Waals surface area contributed by atoms with E-state index in [0.717, 1.165) is 12.8 Å². The van der Waals surface area contributed by atoms with Crippen molar-refractivity contribution in [3.8, 4) is 0 Å². The Kier molecular flexibility index (Phi) is 108. The smallest absolute Gasteiger partial charge is 0 e. The Hall–Kier alpha value is 2.21. The largest absolute Gasteiger partial charge is 0.346 e. The predicted molar refractivity (Wildman–Crippen MR) is 55.9 cm³/mol. The third-order valence-electron chi connectivity index (χ3n) is 1.000. The maximum atomic E-state index is 3.74. The molecule has 0 saturated heterocycles. The summed E-state index contributed by atoms with van der Waals surface area (Å²) in [6, 6.07) is 0. The summed E-state index contributed by atoms with van der Waals surface area (Å²) < 4.78 is 0. The van der Waals surface area contributed by atoms with E-state index in [9.17, 15) is 0 Å². The van der Waals surface area contributed by atoms with Crippen LogP contribution in [-0.4, -0.2) is 0 Å². The molecule has 0 aliphatic heterocycles. The molecule has 0 aromatic carbocycles. The first-order valence-corrected chi connectivity index (χ1v) is 4.41. The van der Waals surface area contributed by atoms with Crippen LogP contribution >= 0.6 is 0 Å². The van der Waals surface area contributed by atoms with Crippen molar-refractivity contribution in [1.29, 1.82) is 0 Å². The first-order chi connectivity index (χ1) is 5.41. The normalized spacial score (nSPS) is 6.00. The van der Waals surface area contributed by atoms with Crippen molar-refractivity contribution in [1.82, 2.24) is 0 Å². The van der Waals surface area contributed by atoms with Crippen LogP contribution in [0.2, 0.25) is 0 Å². The van der Waals surface area contributed by atoms with E-state index in [-0.39, 0.29) is 65.4 Å². The van der Waals surface area contributed by atoms with E-state index >= 15 is 0 Å². The van der Waals surface area contributed by atoms with Gasteiger partial charge < -0.3 is 27.7 Å². The first-order valence-electron chi connectivity index (χ1n) is 4.41. The average Bonchev–Trinajstić information content (AvgIpc) is 2.13. The van der Waals surface area contributed by atoms with Gasteiger partial charge in [0, 0.05) is 65.4 Å². The monoisotopic (exact) mass is 334 g/mol. The summed E-state index contributed by atoms with van der Waals surface area (Å²) in [5.74, 6) is 0. The van der Waals surface area contributed by atoms with Gasteiger partial charge in [0.2, 0.25) is 0 Å². The maximum absolute atomic E-state index is 3.74. The van der Waals surface area contributed by atoms with Crippen LogP contribution in [0.1, 0.15) is 46.0 Å². The van der Waals surface area contributed by atoms with E-state index in [0.29, 0.717) is 0 Å². The van der Waals surface area contributed by atoms with Gasteiger partial charge in [0.05, 0.1) is 0 Å². The van der Waals surface area contributed by atoms with Crippen LogP contribution in [0.25, 0.3) is 0 Å². The van der Waals surface area contributed by atoms with Gasteiger partial charge in [-0.2, -0.15) is 26.7 Å². The zero-order valence-electron chi connectivity index (χ0n) is 9.52. The molecule has 0 heterocycles. The summed E-state index contributed by atoms with van der Waals surface area (Å²) in [4.78, 5) is 0. The SMILES string of the molecule is [CH2-]C.[CH2-]C.[CH2-]CCCCC[CH2-].[Y].[Y]. The van der Waals surface area contributed by atoms with E-state index in [1.165, 1.54) is 19.3 Å². The Balaban J connectivity index is -0.0000000315. The first kappa shape index (κ1) is 29.5. The molecular formula is C11H24Y2-4. The van der Waals surface area contributed by atoms with Gasteiger partial charge in [0.15, 0.2) is 0 Å². The summed E-state index contributed by atoms with van der Waals surface area (Å²) in [6.07, 6.45) is 6.03. The third kappa shape index (κ3) is 54.9. The second-order valence-electron chi connectivity index (χ2n) is 1.77. The zero-order valence-corrected chi connectivity index (χ0v) is 15.2. The maximum Gasteiger partial charge on any atom is 0 e. The number of unbranched alkanes of at least 4 members (excludes halogenated alkanes) is 4. The minimum absolute atomic E-state index is 0. The summed E-state index contributed by atoms with van der Waals surface area (Å²) >= 11 is 0. The van der Waals surface area contributed by atoms with Crippen molar-refractivity contribution in [2.24, 2.45) is 0 Å². The van der Waals surface area contributed by atoms with Crippen LogP contribution < -0.4 is 0 Å². The number of hydrogen-bond acceptors (Lipinski definition) is 0. The topological polar surface area (TPSA) is 0 Å². The minimum atomic E-state index is 0. The summed E-state index contributed by atoms with van der Waals surface area (Å²) in [7, 11) is 0. The fourth-order valence-corrected chi connectivity index (χ4v) is 0.530. The molecule has 2 heteroatoms. The Morgan fingerprint density at radius 3 is 1.00 bits per heavy atom. The van der Waals surface area contributed by atoms with E-state index in [1.807, 2.05) is 0 Å². The van der Waals surface area contributed by atoms with Crippen molar-refractivity contribution in [3.05, 3.63) is 27.7 Å². The molecule has 0 amide bonds. The molecule has 0 aromatic heterocycles. The van der Waals surface area contributed by atoms with Gasteiger partial charge in [-0.1, -0.05) is 19.3 Å². The predicted octanol–water partition coefficient (Wildman–Crippen LogP) is 4.28. The molecule has 0 nitrogen and oxygen atoms in total. The molecule has 0 bridgehead atoms. The quantitative estimate of drug-likeness (QED) is 0.532. The van der Waals surface area contributed by atoms with Gasteiger partial charge in [-0.3, -0.25) is 0 Å². The van der Waals surface area contributed by atoms with Gasteiger partial charge in [0.25, 0.3) is 0 Å². The minimum Gasteiger partial charge on any atom is -0.346 e. The van der Waals surface area contributed by atoms with Gasteiger partial charge >= 0.3 is 0 Å². The molecule has 0 aliphatic rings. The molecule has 0 spiro atoms. The molecule has 0 unspecified atom stereocenters. The molecule has 0 saturated carbocycles. The van der Waals surface area contributed by atoms with E-state index < -0.39 is 0 Å². The molecule has 0 N–H and O–H groups in total. The van der Waals surface area contributed by atoms with Crippen molar-refractivity contribution in [2.75, 3.05) is 0 Å². The Morgan fingerprint density at radius 2 is 0.846 bits per heavy atom. The fourth-order valence-electron chi connectivity index (χ4n) is 0.530. The molecule has 78 valence electrons. The molecule has 0 atom stereocenters. The van der Waals surface area contributed by atoms with E-state index in [1.54, 1.807) is 13.8 Å². The van der Waals surface area contributed by atoms with Gasteiger partial charge in [-0.25, -0.2) is 0 Å². The van der Waals surface area contributed by atoms with E-state index in [2.05, 4.69) is 27.7 Å². The molecule has 0 aromatic rings. The Morgan fingerprint density at radius 1 is 0.615 bits per heavy atom. The molecule has 0 fully saturated rings. The van der Waals surface area contributed by atoms with Crippen LogP contribution in [0.3, 0.4) is 0 Å². The third-order valence-corrected chi connectivity index (χ3v) is 1.000. The summed E-state index contributed by atoms with van der Waals surface area (Å²) in [5, 5.41) is 0. The second kappa shape index (κ2) is 47.7. The molecule has 0 rings (SSSR count). The van der Waals surface area contributed by atoms with Crippen LogP contribution in [0, 0.1) is 27.7 Å². The molecule has 0 aliphatic carbocycles. The van der Waals surface area contributed by atoms with Gasteiger partial charge in [-0.05, 0) is 0 Å². The summed E-state index contributed by atoms with van der Waals surface area (Å²) in [6.45, 7) is 17.5. The van der Waals surface area contributed by atoms with Gasteiger partial charge in [-0.15, -0.1) is 0 Å². The van der Waals surface area contributed by atoms with Crippen molar-refractivity contribution in [3.63, 3.8) is 0 Å². The van der Waals surface area contributed by atoms with Crippen LogP contribution in [-0.2, 0) is 65.4 Å². The molecular weight excluding hydrogens is 310 g/mol. The van der Waals surface area contributed by atoms with Crippen LogP contribution in [0.5, 0.6) is 0 Å². The van der Waals surface area contributed by atoms with Crippen molar-refractivity contribution in [2.45, 2.75) is 46.0 Å². The Bertz CT molecular complexity index is 27.3. The number of rotatable bonds is 4. The zero-order chi connectivity index (χ0) is 9.54. The number of hydrogen-bond donors (Lipinski definition) is 0. The molecule has 2 radical (unpaired) electrons.